The van der Waals surface area contributed by atoms with Crippen molar-refractivity contribution in [3.8, 4) is 11.5 Å². The lowest BCUT2D eigenvalue weighted by atomic mass is 10.0. The zero-order chi connectivity index (χ0) is 27.4. The van der Waals surface area contributed by atoms with E-state index in [-0.39, 0.29) is 34.7 Å². The first kappa shape index (κ1) is 26.2. The minimum atomic E-state index is -4.76. The number of rotatable bonds is 6. The number of alkyl halides is 5. The Morgan fingerprint density at radius 1 is 1.24 bits per heavy atom. The summed E-state index contributed by atoms with van der Waals surface area (Å²) in [4.78, 5) is 16.9. The number of hydrogen-bond donors (Lipinski definition) is 4. The van der Waals surface area contributed by atoms with Crippen molar-refractivity contribution in [1.29, 1.82) is 0 Å². The lowest BCUT2D eigenvalue weighted by molar-refractivity contribution is -0.286. The first-order valence-corrected chi connectivity index (χ1v) is 12.2. The SMILES string of the molecule is Nc1c(C(=O)O)sc2nc(N3CCC(NCC(O)c4ccc5c(c4)OC(F)(F)O5)CC3)cc(C(F)(F)F)c12. The molecule has 0 amide bonds. The van der Waals surface area contributed by atoms with Crippen molar-refractivity contribution >= 4 is 39.0 Å². The van der Waals surface area contributed by atoms with Crippen LogP contribution in [0.3, 0.4) is 0 Å². The average Bonchev–Trinajstić information content (AvgIpc) is 3.35. The number of nitrogens with two attached hydrogens (primary N) is 1. The van der Waals surface area contributed by atoms with Crippen LogP contribution in [0.1, 0.15) is 39.7 Å². The molecule has 0 aliphatic carbocycles. The monoisotopic (exact) mass is 560 g/mol. The Bertz CT molecular complexity index is 1390. The Hall–Kier alpha value is -3.43. The molecule has 9 nitrogen and oxygen atoms in total. The van der Waals surface area contributed by atoms with Gasteiger partial charge in [0.1, 0.15) is 15.5 Å². The maximum absolute atomic E-state index is 13.8. The maximum atomic E-state index is 13.8. The Morgan fingerprint density at radius 2 is 1.92 bits per heavy atom. The van der Waals surface area contributed by atoms with Crippen molar-refractivity contribution in [3.05, 3.63) is 40.3 Å². The van der Waals surface area contributed by atoms with E-state index in [1.807, 2.05) is 0 Å². The molecule has 3 aromatic rings. The first-order valence-electron chi connectivity index (χ1n) is 11.4. The minimum Gasteiger partial charge on any atom is -0.477 e. The second-order valence-electron chi connectivity index (χ2n) is 8.91. The van der Waals surface area contributed by atoms with Gasteiger partial charge in [-0.1, -0.05) is 6.07 Å². The molecule has 204 valence electrons. The molecule has 5 N–H and O–H groups in total. The van der Waals surface area contributed by atoms with Gasteiger partial charge in [0, 0.05) is 31.1 Å². The van der Waals surface area contributed by atoms with Crippen LogP contribution in [0.2, 0.25) is 0 Å². The number of halogens is 5. The van der Waals surface area contributed by atoms with Crippen molar-refractivity contribution in [2.45, 2.75) is 37.5 Å². The average molecular weight is 561 g/mol. The van der Waals surface area contributed by atoms with Crippen LogP contribution in [0, 0.1) is 0 Å². The number of nitrogen functional groups attached to an aromatic ring is 1. The number of aromatic nitrogens is 1. The molecule has 1 aromatic carbocycles. The third kappa shape index (κ3) is 5.00. The van der Waals surface area contributed by atoms with Gasteiger partial charge in [0.2, 0.25) is 0 Å². The van der Waals surface area contributed by atoms with Crippen LogP contribution in [-0.4, -0.2) is 53.1 Å². The number of hydrogen-bond acceptors (Lipinski definition) is 9. The van der Waals surface area contributed by atoms with E-state index in [4.69, 9.17) is 5.73 Å². The lowest BCUT2D eigenvalue weighted by Crippen LogP contribution is -2.44. The van der Waals surface area contributed by atoms with Gasteiger partial charge in [0.05, 0.1) is 17.4 Å². The molecule has 1 unspecified atom stereocenters. The molecule has 1 fully saturated rings. The van der Waals surface area contributed by atoms with Crippen LogP contribution in [0.15, 0.2) is 24.3 Å². The summed E-state index contributed by atoms with van der Waals surface area (Å²) >= 11 is 0.597. The van der Waals surface area contributed by atoms with Crippen LogP contribution in [-0.2, 0) is 6.18 Å². The van der Waals surface area contributed by atoms with E-state index in [0.29, 0.717) is 42.8 Å². The zero-order valence-electron chi connectivity index (χ0n) is 19.4. The van der Waals surface area contributed by atoms with Crippen LogP contribution >= 0.6 is 11.3 Å². The number of ether oxygens (including phenoxy) is 2. The second-order valence-corrected chi connectivity index (χ2v) is 9.91. The van der Waals surface area contributed by atoms with E-state index in [9.17, 15) is 37.0 Å². The molecule has 5 rings (SSSR count). The van der Waals surface area contributed by atoms with Crippen LogP contribution in [0.25, 0.3) is 10.2 Å². The molecule has 0 spiro atoms. The summed E-state index contributed by atoms with van der Waals surface area (Å²) in [5, 5.41) is 22.5. The van der Waals surface area contributed by atoms with Crippen LogP contribution in [0.4, 0.5) is 33.5 Å². The number of aliphatic hydroxyl groups is 1. The fourth-order valence-electron chi connectivity index (χ4n) is 4.53. The molecule has 1 atom stereocenters. The van der Waals surface area contributed by atoms with E-state index in [0.717, 1.165) is 6.07 Å². The molecule has 0 radical (unpaired) electrons. The quantitative estimate of drug-likeness (QED) is 0.328. The summed E-state index contributed by atoms with van der Waals surface area (Å²) in [7, 11) is 0. The Balaban J connectivity index is 1.24. The number of aliphatic hydroxyl groups excluding tert-OH is 1. The molecule has 1 saturated heterocycles. The second kappa shape index (κ2) is 9.39. The standard InChI is InChI=1S/C23H21F5N4O5S/c24-22(25,26)12-8-16(31-20-17(12)18(29)19(38-20)21(34)35)32-5-3-11(4-6-32)30-9-13(33)10-1-2-14-15(7-10)37-23(27,28)36-14/h1-2,7-8,11,13,30,33H,3-6,9,29H2,(H,34,35). The molecule has 38 heavy (non-hydrogen) atoms. The number of nitrogens with zero attached hydrogens (tertiary/aromatic N) is 2. The number of carboxylic acids is 1. The molecule has 0 saturated carbocycles. The summed E-state index contributed by atoms with van der Waals surface area (Å²) in [6, 6.07) is 4.83. The largest absolute Gasteiger partial charge is 0.586 e. The number of piperidine rings is 1. The van der Waals surface area contributed by atoms with Gasteiger partial charge in [0.25, 0.3) is 0 Å². The summed E-state index contributed by atoms with van der Waals surface area (Å²) in [6.45, 7) is 0.820. The zero-order valence-corrected chi connectivity index (χ0v) is 20.2. The molecule has 0 bridgehead atoms. The molecule has 15 heteroatoms. The van der Waals surface area contributed by atoms with E-state index >= 15 is 0 Å². The Morgan fingerprint density at radius 3 is 2.58 bits per heavy atom. The molecule has 2 aliphatic heterocycles. The maximum Gasteiger partial charge on any atom is 0.586 e. The number of anilines is 2. The predicted octanol–water partition coefficient (Wildman–Crippen LogP) is 4.21. The van der Waals surface area contributed by atoms with Gasteiger partial charge in [0.15, 0.2) is 11.5 Å². The van der Waals surface area contributed by atoms with Gasteiger partial charge >= 0.3 is 18.4 Å². The topological polar surface area (TPSA) is 130 Å². The molecule has 2 aliphatic rings. The number of carboxylic acid groups (broad SMARTS) is 1. The van der Waals surface area contributed by atoms with Crippen LogP contribution in [0.5, 0.6) is 11.5 Å². The normalized spacial score (nSPS) is 18.2. The Kier molecular flexibility index (Phi) is 6.47. The van der Waals surface area contributed by atoms with Gasteiger partial charge in [-0.3, -0.25) is 0 Å². The highest BCUT2D eigenvalue weighted by Crippen LogP contribution is 2.44. The van der Waals surface area contributed by atoms with Gasteiger partial charge in [-0.25, -0.2) is 9.78 Å². The van der Waals surface area contributed by atoms with Crippen molar-refractivity contribution in [1.82, 2.24) is 10.3 Å². The van der Waals surface area contributed by atoms with E-state index in [2.05, 4.69) is 19.8 Å². The Labute approximate surface area is 215 Å². The van der Waals surface area contributed by atoms with Gasteiger partial charge < -0.3 is 35.6 Å². The smallest absolute Gasteiger partial charge is 0.477 e. The number of nitrogens with one attached hydrogen (secondary N) is 1. The van der Waals surface area contributed by atoms with Gasteiger partial charge in [-0.05, 0) is 36.6 Å². The number of pyridine rings is 1. The fraction of sp³-hybridized carbons (Fsp3) is 0.391. The summed E-state index contributed by atoms with van der Waals surface area (Å²) < 4.78 is 76.6. The highest BCUT2D eigenvalue weighted by molar-refractivity contribution is 7.21. The number of thiophene rings is 1. The van der Waals surface area contributed by atoms with Gasteiger partial charge in [-0.15, -0.1) is 20.1 Å². The van der Waals surface area contributed by atoms with Gasteiger partial charge in [-0.2, -0.15) is 13.2 Å². The number of benzene rings is 1. The summed E-state index contributed by atoms with van der Waals surface area (Å²) in [5.74, 6) is -1.66. The molecule has 4 heterocycles. The highest BCUT2D eigenvalue weighted by Gasteiger charge is 2.43. The third-order valence-corrected chi connectivity index (χ3v) is 7.50. The van der Waals surface area contributed by atoms with Crippen molar-refractivity contribution in [2.75, 3.05) is 30.3 Å². The van der Waals surface area contributed by atoms with E-state index in [1.54, 1.807) is 4.90 Å². The number of carbonyl (C=O) groups is 1. The lowest BCUT2D eigenvalue weighted by Gasteiger charge is -2.34. The summed E-state index contributed by atoms with van der Waals surface area (Å²) in [5.41, 5.74) is 4.58. The first-order chi connectivity index (χ1) is 17.8. The fourth-order valence-corrected chi connectivity index (χ4v) is 5.49. The summed E-state index contributed by atoms with van der Waals surface area (Å²) in [6.07, 6.45) is -8.50. The van der Waals surface area contributed by atoms with Crippen LogP contribution < -0.4 is 25.4 Å². The minimum absolute atomic E-state index is 0.0682. The van der Waals surface area contributed by atoms with E-state index < -0.39 is 46.1 Å². The third-order valence-electron chi connectivity index (χ3n) is 6.41. The van der Waals surface area contributed by atoms with E-state index in [1.165, 1.54) is 18.2 Å². The number of aromatic carboxylic acids is 1. The van der Waals surface area contributed by atoms with Crippen molar-refractivity contribution in [3.63, 3.8) is 0 Å². The highest BCUT2D eigenvalue weighted by atomic mass is 32.1. The number of fused-ring (bicyclic) bond motifs is 2. The molecular weight excluding hydrogens is 539 g/mol. The van der Waals surface area contributed by atoms with Crippen molar-refractivity contribution in [2.24, 2.45) is 0 Å². The molecular formula is C23H21F5N4O5S. The molecule has 2 aromatic heterocycles. The van der Waals surface area contributed by atoms with Crippen molar-refractivity contribution < 1.29 is 46.4 Å². The predicted molar refractivity (Wildman–Crippen MR) is 127 cm³/mol.